The van der Waals surface area contributed by atoms with E-state index in [1.807, 2.05) is 0 Å². The fraction of sp³-hybridized carbons (Fsp3) is 0.611. The second-order valence-corrected chi connectivity index (χ2v) is 6.46. The highest BCUT2D eigenvalue weighted by Crippen LogP contribution is 2.25. The molecule has 140 valence electrons. The van der Waals surface area contributed by atoms with Gasteiger partial charge < -0.3 is 19.7 Å². The Morgan fingerprint density at radius 3 is 2.72 bits per heavy atom. The summed E-state index contributed by atoms with van der Waals surface area (Å²) in [5, 5.41) is 3.42. The SMILES string of the molecule is CN=C(NCC1CCCO1)N1CC(C)OC(c2ccc(F)cc2)C1.I. The molecule has 0 aromatic heterocycles. The number of rotatable bonds is 3. The monoisotopic (exact) mass is 463 g/mol. The Morgan fingerprint density at radius 2 is 2.08 bits per heavy atom. The van der Waals surface area contributed by atoms with Crippen LogP contribution in [0.25, 0.3) is 0 Å². The van der Waals surface area contributed by atoms with Crippen LogP contribution in [-0.2, 0) is 9.47 Å². The van der Waals surface area contributed by atoms with E-state index >= 15 is 0 Å². The van der Waals surface area contributed by atoms with E-state index in [0.29, 0.717) is 6.54 Å². The Kier molecular flexibility index (Phi) is 7.89. The number of nitrogens with zero attached hydrogens (tertiary/aromatic N) is 2. The highest BCUT2D eigenvalue weighted by Gasteiger charge is 2.28. The number of ether oxygens (including phenoxy) is 2. The van der Waals surface area contributed by atoms with Gasteiger partial charge in [0.2, 0.25) is 0 Å². The lowest BCUT2D eigenvalue weighted by molar-refractivity contribution is -0.0606. The molecule has 1 aromatic rings. The molecule has 2 aliphatic heterocycles. The lowest BCUT2D eigenvalue weighted by atomic mass is 10.1. The van der Waals surface area contributed by atoms with Gasteiger partial charge in [0.25, 0.3) is 0 Å². The average molecular weight is 463 g/mol. The second-order valence-electron chi connectivity index (χ2n) is 6.46. The van der Waals surface area contributed by atoms with Crippen molar-refractivity contribution < 1.29 is 13.9 Å². The van der Waals surface area contributed by atoms with Crippen LogP contribution in [0, 0.1) is 5.82 Å². The Labute approximate surface area is 166 Å². The molecule has 3 rings (SSSR count). The molecule has 7 heteroatoms. The van der Waals surface area contributed by atoms with Gasteiger partial charge in [-0.1, -0.05) is 12.1 Å². The van der Waals surface area contributed by atoms with Crippen molar-refractivity contribution in [1.29, 1.82) is 0 Å². The summed E-state index contributed by atoms with van der Waals surface area (Å²) >= 11 is 0. The van der Waals surface area contributed by atoms with E-state index in [-0.39, 0.29) is 48.1 Å². The van der Waals surface area contributed by atoms with Gasteiger partial charge in [0, 0.05) is 26.7 Å². The van der Waals surface area contributed by atoms with E-state index < -0.39 is 0 Å². The van der Waals surface area contributed by atoms with Gasteiger partial charge in [0.1, 0.15) is 11.9 Å². The Bertz CT molecular complexity index is 564. The molecule has 0 spiro atoms. The number of nitrogens with one attached hydrogen (secondary N) is 1. The zero-order valence-corrected chi connectivity index (χ0v) is 17.1. The second kappa shape index (κ2) is 9.68. The van der Waals surface area contributed by atoms with Crippen LogP contribution in [0.3, 0.4) is 0 Å². The standard InChI is InChI=1S/C18H26FN3O2.HI/c1-13-11-22(18(20-2)21-10-16-4-3-9-23-16)12-17(24-13)14-5-7-15(19)8-6-14;/h5-8,13,16-17H,3-4,9-12H2,1-2H3,(H,20,21);1H. The summed E-state index contributed by atoms with van der Waals surface area (Å²) < 4.78 is 24.9. The van der Waals surface area contributed by atoms with Crippen molar-refractivity contribution in [1.82, 2.24) is 10.2 Å². The maximum absolute atomic E-state index is 13.1. The summed E-state index contributed by atoms with van der Waals surface area (Å²) in [6, 6.07) is 6.54. The van der Waals surface area contributed by atoms with Crippen molar-refractivity contribution in [3.63, 3.8) is 0 Å². The first kappa shape index (κ1) is 20.4. The maximum atomic E-state index is 13.1. The fourth-order valence-electron chi connectivity index (χ4n) is 3.33. The minimum atomic E-state index is -0.228. The van der Waals surface area contributed by atoms with Gasteiger partial charge in [0.05, 0.1) is 18.8 Å². The molecule has 0 radical (unpaired) electrons. The third kappa shape index (κ3) is 5.52. The van der Waals surface area contributed by atoms with Gasteiger partial charge in [0.15, 0.2) is 5.96 Å². The first-order chi connectivity index (χ1) is 11.7. The predicted molar refractivity (Wildman–Crippen MR) is 107 cm³/mol. The third-order valence-corrected chi connectivity index (χ3v) is 4.53. The Hall–Kier alpha value is -0.930. The lowest BCUT2D eigenvalue weighted by Gasteiger charge is -2.39. The van der Waals surface area contributed by atoms with Crippen molar-refractivity contribution >= 4 is 29.9 Å². The van der Waals surface area contributed by atoms with Crippen LogP contribution in [0.5, 0.6) is 0 Å². The van der Waals surface area contributed by atoms with Gasteiger partial charge in [-0.05, 0) is 37.5 Å². The molecule has 0 saturated carbocycles. The molecule has 2 aliphatic rings. The molecule has 0 bridgehead atoms. The molecule has 5 nitrogen and oxygen atoms in total. The zero-order valence-electron chi connectivity index (χ0n) is 14.8. The van der Waals surface area contributed by atoms with Crippen molar-refractivity contribution in [3.05, 3.63) is 35.6 Å². The van der Waals surface area contributed by atoms with E-state index in [1.165, 1.54) is 12.1 Å². The molecule has 25 heavy (non-hydrogen) atoms. The molecule has 1 N–H and O–H groups in total. The average Bonchev–Trinajstić information content (AvgIpc) is 3.09. The molecule has 2 heterocycles. The van der Waals surface area contributed by atoms with E-state index in [9.17, 15) is 4.39 Å². The summed E-state index contributed by atoms with van der Waals surface area (Å²) in [7, 11) is 1.80. The molecular weight excluding hydrogens is 436 g/mol. The summed E-state index contributed by atoms with van der Waals surface area (Å²) in [6.45, 7) is 5.16. The van der Waals surface area contributed by atoms with Crippen molar-refractivity contribution in [2.45, 2.75) is 38.1 Å². The molecule has 0 amide bonds. The summed E-state index contributed by atoms with van der Waals surface area (Å²) in [6.07, 6.45) is 2.49. The van der Waals surface area contributed by atoms with Crippen LogP contribution in [0.1, 0.15) is 31.4 Å². The molecule has 1 aromatic carbocycles. The van der Waals surface area contributed by atoms with Gasteiger partial charge >= 0.3 is 0 Å². The Morgan fingerprint density at radius 1 is 1.32 bits per heavy atom. The third-order valence-electron chi connectivity index (χ3n) is 4.53. The van der Waals surface area contributed by atoms with E-state index in [2.05, 4.69) is 22.1 Å². The first-order valence-electron chi connectivity index (χ1n) is 8.64. The number of aliphatic imine (C=N–C) groups is 1. The minimum Gasteiger partial charge on any atom is -0.376 e. The van der Waals surface area contributed by atoms with Gasteiger partial charge in [-0.2, -0.15) is 0 Å². The molecule has 2 fully saturated rings. The van der Waals surface area contributed by atoms with Crippen molar-refractivity contribution in [2.75, 3.05) is 33.3 Å². The van der Waals surface area contributed by atoms with Crippen LogP contribution < -0.4 is 5.32 Å². The topological polar surface area (TPSA) is 46.1 Å². The van der Waals surface area contributed by atoms with E-state index in [4.69, 9.17) is 9.47 Å². The van der Waals surface area contributed by atoms with Crippen LogP contribution in [0.15, 0.2) is 29.3 Å². The summed E-state index contributed by atoms with van der Waals surface area (Å²) in [5.41, 5.74) is 0.988. The molecule has 2 saturated heterocycles. The Balaban J connectivity index is 0.00000225. The molecule has 0 aliphatic carbocycles. The predicted octanol–water partition coefficient (Wildman–Crippen LogP) is 2.96. The summed E-state index contributed by atoms with van der Waals surface area (Å²) in [4.78, 5) is 6.62. The number of hydrogen-bond acceptors (Lipinski definition) is 3. The van der Waals surface area contributed by atoms with Crippen LogP contribution >= 0.6 is 24.0 Å². The first-order valence-corrected chi connectivity index (χ1v) is 8.64. The van der Waals surface area contributed by atoms with Crippen LogP contribution in [-0.4, -0.2) is 56.4 Å². The van der Waals surface area contributed by atoms with Crippen molar-refractivity contribution in [2.24, 2.45) is 4.99 Å². The van der Waals surface area contributed by atoms with Gasteiger partial charge in [-0.25, -0.2) is 4.39 Å². The van der Waals surface area contributed by atoms with Gasteiger partial charge in [-0.15, -0.1) is 24.0 Å². The van der Waals surface area contributed by atoms with Crippen LogP contribution in [0.2, 0.25) is 0 Å². The maximum Gasteiger partial charge on any atom is 0.193 e. The highest BCUT2D eigenvalue weighted by atomic mass is 127. The number of hydrogen-bond donors (Lipinski definition) is 1. The normalized spacial score (nSPS) is 27.1. The fourth-order valence-corrected chi connectivity index (χ4v) is 3.33. The van der Waals surface area contributed by atoms with Crippen molar-refractivity contribution in [3.8, 4) is 0 Å². The molecular formula is C18H27FIN3O2. The van der Waals surface area contributed by atoms with E-state index in [1.54, 1.807) is 19.2 Å². The van der Waals surface area contributed by atoms with Gasteiger partial charge in [-0.3, -0.25) is 4.99 Å². The zero-order chi connectivity index (χ0) is 16.9. The summed E-state index contributed by atoms with van der Waals surface area (Å²) in [5.74, 6) is 0.640. The number of guanidine groups is 1. The number of morpholine rings is 1. The number of halogens is 2. The molecule has 3 unspecified atom stereocenters. The highest BCUT2D eigenvalue weighted by molar-refractivity contribution is 14.0. The number of benzene rings is 1. The lowest BCUT2D eigenvalue weighted by Crippen LogP contribution is -2.51. The quantitative estimate of drug-likeness (QED) is 0.426. The van der Waals surface area contributed by atoms with E-state index in [0.717, 1.165) is 44.1 Å². The largest absolute Gasteiger partial charge is 0.376 e. The minimum absolute atomic E-state index is 0. The van der Waals surface area contributed by atoms with Crippen LogP contribution in [0.4, 0.5) is 4.39 Å². The molecule has 3 atom stereocenters. The smallest absolute Gasteiger partial charge is 0.193 e.